The van der Waals surface area contributed by atoms with E-state index in [1.807, 2.05) is 35.9 Å². The van der Waals surface area contributed by atoms with Crippen molar-refractivity contribution in [2.75, 3.05) is 40.0 Å². The quantitative estimate of drug-likeness (QED) is 0.571. The van der Waals surface area contributed by atoms with E-state index in [1.54, 1.807) is 13.3 Å². The predicted molar refractivity (Wildman–Crippen MR) is 128 cm³/mol. The number of methoxy groups -OCH3 is 1. The summed E-state index contributed by atoms with van der Waals surface area (Å²) in [4.78, 5) is 15.6. The Bertz CT molecular complexity index is 1050. The third kappa shape index (κ3) is 5.26. The van der Waals surface area contributed by atoms with Crippen LogP contribution in [0, 0.1) is 6.92 Å². The fourth-order valence-corrected chi connectivity index (χ4v) is 4.27. The highest BCUT2D eigenvalue weighted by atomic mass is 16.5. The van der Waals surface area contributed by atoms with Crippen LogP contribution in [0.4, 0.5) is 0 Å². The van der Waals surface area contributed by atoms with Gasteiger partial charge in [0.25, 0.3) is 5.91 Å². The second kappa shape index (κ2) is 10.6. The van der Waals surface area contributed by atoms with E-state index < -0.39 is 0 Å². The Morgan fingerprint density at radius 2 is 1.82 bits per heavy atom. The van der Waals surface area contributed by atoms with Crippen LogP contribution < -0.4 is 10.1 Å². The molecule has 1 saturated heterocycles. The van der Waals surface area contributed by atoms with E-state index in [0.717, 1.165) is 35.8 Å². The zero-order valence-corrected chi connectivity index (χ0v) is 19.6. The smallest absolute Gasteiger partial charge is 0.254 e. The standard InChI is InChI=1S/C26H32N4O3/c1-4-24-23(17-28-30(24)21-9-5-19(2)6-10-21)26(31)27-18-25(29-13-15-33-16-14-29)20-7-11-22(32-3)12-8-20/h5-12,17,25H,4,13-16,18H2,1-3H3,(H,27,31). The molecule has 1 unspecified atom stereocenters. The molecule has 7 nitrogen and oxygen atoms in total. The number of hydrogen-bond donors (Lipinski definition) is 1. The molecule has 1 amide bonds. The molecule has 0 spiro atoms. The Hall–Kier alpha value is -3.16. The van der Waals surface area contributed by atoms with Crippen LogP contribution in [0.2, 0.25) is 0 Å². The number of amides is 1. The van der Waals surface area contributed by atoms with Gasteiger partial charge in [0.05, 0.1) is 49.5 Å². The highest BCUT2D eigenvalue weighted by Crippen LogP contribution is 2.24. The molecule has 2 aromatic carbocycles. The molecule has 174 valence electrons. The van der Waals surface area contributed by atoms with Crippen molar-refractivity contribution in [2.45, 2.75) is 26.3 Å². The summed E-state index contributed by atoms with van der Waals surface area (Å²) >= 11 is 0. The second-order valence-electron chi connectivity index (χ2n) is 8.25. The first-order chi connectivity index (χ1) is 16.1. The number of nitrogens with zero attached hydrogens (tertiary/aromatic N) is 3. The van der Waals surface area contributed by atoms with Crippen LogP contribution in [0.25, 0.3) is 5.69 Å². The van der Waals surface area contributed by atoms with Gasteiger partial charge in [0.1, 0.15) is 5.75 Å². The number of ether oxygens (including phenoxy) is 2. The van der Waals surface area contributed by atoms with E-state index in [2.05, 4.69) is 46.5 Å². The summed E-state index contributed by atoms with van der Waals surface area (Å²) < 4.78 is 12.7. The molecule has 1 aliphatic heterocycles. The maximum Gasteiger partial charge on any atom is 0.254 e. The summed E-state index contributed by atoms with van der Waals surface area (Å²) in [5.74, 6) is 0.719. The summed E-state index contributed by atoms with van der Waals surface area (Å²) in [5.41, 5.74) is 4.82. The molecule has 4 rings (SSSR count). The van der Waals surface area contributed by atoms with Crippen molar-refractivity contribution in [1.82, 2.24) is 20.0 Å². The molecule has 1 aliphatic rings. The van der Waals surface area contributed by atoms with Gasteiger partial charge in [-0.05, 0) is 43.2 Å². The maximum atomic E-state index is 13.2. The van der Waals surface area contributed by atoms with Crippen molar-refractivity contribution in [2.24, 2.45) is 0 Å². The molecule has 1 aromatic heterocycles. The van der Waals surface area contributed by atoms with Gasteiger partial charge in [0.2, 0.25) is 0 Å². The summed E-state index contributed by atoms with van der Waals surface area (Å²) in [6.45, 7) is 7.67. The third-order valence-electron chi connectivity index (χ3n) is 6.17. The van der Waals surface area contributed by atoms with Gasteiger partial charge in [-0.3, -0.25) is 9.69 Å². The Morgan fingerprint density at radius 3 is 2.45 bits per heavy atom. The molecule has 0 saturated carbocycles. The highest BCUT2D eigenvalue weighted by molar-refractivity contribution is 5.95. The minimum atomic E-state index is -0.100. The van der Waals surface area contributed by atoms with Gasteiger partial charge in [-0.2, -0.15) is 5.10 Å². The van der Waals surface area contributed by atoms with Crippen molar-refractivity contribution in [1.29, 1.82) is 0 Å². The lowest BCUT2D eigenvalue weighted by Crippen LogP contribution is -2.43. The molecule has 7 heteroatoms. The Balaban J connectivity index is 1.52. The molecule has 33 heavy (non-hydrogen) atoms. The average Bonchev–Trinajstić information content (AvgIpc) is 3.30. The molecule has 1 atom stereocenters. The Labute approximate surface area is 195 Å². The number of nitrogens with one attached hydrogen (secondary N) is 1. The monoisotopic (exact) mass is 448 g/mol. The van der Waals surface area contributed by atoms with Crippen molar-refractivity contribution >= 4 is 5.91 Å². The molecular formula is C26H32N4O3. The minimum Gasteiger partial charge on any atom is -0.497 e. The number of hydrogen-bond acceptors (Lipinski definition) is 5. The zero-order valence-electron chi connectivity index (χ0n) is 19.6. The van der Waals surface area contributed by atoms with Crippen LogP contribution >= 0.6 is 0 Å². The molecule has 1 fully saturated rings. The lowest BCUT2D eigenvalue weighted by Gasteiger charge is -2.35. The number of aryl methyl sites for hydroxylation is 1. The average molecular weight is 449 g/mol. The largest absolute Gasteiger partial charge is 0.497 e. The molecule has 3 aromatic rings. The number of benzene rings is 2. The summed E-state index contributed by atoms with van der Waals surface area (Å²) in [5, 5.41) is 7.68. The van der Waals surface area contributed by atoms with E-state index in [0.29, 0.717) is 31.7 Å². The molecule has 0 aliphatic carbocycles. The lowest BCUT2D eigenvalue weighted by atomic mass is 10.0. The van der Waals surface area contributed by atoms with Gasteiger partial charge in [-0.1, -0.05) is 36.8 Å². The van der Waals surface area contributed by atoms with Crippen LogP contribution in [0.1, 0.15) is 40.1 Å². The first kappa shape index (κ1) is 23.0. The molecule has 0 radical (unpaired) electrons. The molecule has 0 bridgehead atoms. The number of carbonyl (C=O) groups is 1. The SMILES string of the molecule is CCc1c(C(=O)NCC(c2ccc(OC)cc2)N2CCOCC2)cnn1-c1ccc(C)cc1. The van der Waals surface area contributed by atoms with Crippen molar-refractivity contribution in [3.63, 3.8) is 0 Å². The van der Waals surface area contributed by atoms with Gasteiger partial charge in [0, 0.05) is 19.6 Å². The van der Waals surface area contributed by atoms with E-state index in [1.165, 1.54) is 5.56 Å². The topological polar surface area (TPSA) is 68.6 Å². The van der Waals surface area contributed by atoms with Crippen molar-refractivity contribution in [3.05, 3.63) is 77.1 Å². The van der Waals surface area contributed by atoms with Crippen LogP contribution in [0.3, 0.4) is 0 Å². The molecule has 1 N–H and O–H groups in total. The van der Waals surface area contributed by atoms with E-state index in [9.17, 15) is 4.79 Å². The van der Waals surface area contributed by atoms with Gasteiger partial charge in [0.15, 0.2) is 0 Å². The van der Waals surface area contributed by atoms with E-state index >= 15 is 0 Å². The normalized spacial score (nSPS) is 15.2. The van der Waals surface area contributed by atoms with Gasteiger partial charge in [-0.15, -0.1) is 0 Å². The Kier molecular flexibility index (Phi) is 7.42. The van der Waals surface area contributed by atoms with Gasteiger partial charge < -0.3 is 14.8 Å². The third-order valence-corrected chi connectivity index (χ3v) is 6.17. The fourth-order valence-electron chi connectivity index (χ4n) is 4.27. The van der Waals surface area contributed by atoms with Crippen molar-refractivity contribution in [3.8, 4) is 11.4 Å². The first-order valence-electron chi connectivity index (χ1n) is 11.5. The fraction of sp³-hybridized carbons (Fsp3) is 0.385. The molecular weight excluding hydrogens is 416 g/mol. The summed E-state index contributed by atoms with van der Waals surface area (Å²) in [7, 11) is 1.66. The summed E-state index contributed by atoms with van der Waals surface area (Å²) in [6, 6.07) is 16.3. The van der Waals surface area contributed by atoms with Gasteiger partial charge >= 0.3 is 0 Å². The lowest BCUT2D eigenvalue weighted by molar-refractivity contribution is 0.0162. The van der Waals surface area contributed by atoms with Crippen LogP contribution in [0.5, 0.6) is 5.75 Å². The number of carbonyl (C=O) groups excluding carboxylic acids is 1. The Morgan fingerprint density at radius 1 is 1.12 bits per heavy atom. The molecule has 2 heterocycles. The zero-order chi connectivity index (χ0) is 23.2. The van der Waals surface area contributed by atoms with Crippen LogP contribution in [-0.4, -0.2) is 60.5 Å². The van der Waals surface area contributed by atoms with E-state index in [4.69, 9.17) is 9.47 Å². The van der Waals surface area contributed by atoms with Crippen LogP contribution in [0.15, 0.2) is 54.7 Å². The number of morpholine rings is 1. The first-order valence-corrected chi connectivity index (χ1v) is 11.5. The summed E-state index contributed by atoms with van der Waals surface area (Å²) in [6.07, 6.45) is 2.38. The second-order valence-corrected chi connectivity index (χ2v) is 8.25. The van der Waals surface area contributed by atoms with Gasteiger partial charge in [-0.25, -0.2) is 4.68 Å². The minimum absolute atomic E-state index is 0.0565. The van der Waals surface area contributed by atoms with Crippen LogP contribution in [-0.2, 0) is 11.2 Å². The predicted octanol–water partition coefficient (Wildman–Crippen LogP) is 3.56. The number of rotatable bonds is 8. The maximum absolute atomic E-state index is 13.2. The number of aromatic nitrogens is 2. The highest BCUT2D eigenvalue weighted by Gasteiger charge is 2.25. The van der Waals surface area contributed by atoms with E-state index in [-0.39, 0.29) is 11.9 Å². The van der Waals surface area contributed by atoms with Crippen molar-refractivity contribution < 1.29 is 14.3 Å².